The molecule has 0 saturated heterocycles. The van der Waals surface area contributed by atoms with Gasteiger partial charge < -0.3 is 25.1 Å². The number of methoxy groups -OCH3 is 1. The molecule has 1 aliphatic carbocycles. The van der Waals surface area contributed by atoms with Crippen LogP contribution in [0, 0.1) is 5.95 Å². The lowest BCUT2D eigenvalue weighted by Gasteiger charge is -2.22. The van der Waals surface area contributed by atoms with Crippen molar-refractivity contribution in [2.24, 2.45) is 14.1 Å². The standard InChI is InChI=1S/C30H31FN8O4/c1-37-12-18(27(31)36-37)25-23-14-4-5-17-15(8-14)13-43-22(17)6-7-32-19-9-16(10-20(19)34-29(40)42-3)39-26-21(38(2)30(39)41)11-33-28(35-25)24(23)26/h4-5,8,11-12,16,19-20,22,32H,6-7,9-10,13H2,1-3H3,(H,33,35)(H,34,40)/t16-,19-,20+,22?/m1/s1. The van der Waals surface area contributed by atoms with Gasteiger partial charge in [-0.1, -0.05) is 12.1 Å². The van der Waals surface area contributed by atoms with Gasteiger partial charge in [-0.05, 0) is 48.6 Å². The number of carbonyl (C=O) groups excluding carboxylic acids is 1. The molecule has 13 heteroatoms. The average Bonchev–Trinajstić information content (AvgIpc) is 3.79. The molecule has 0 radical (unpaired) electrons. The van der Waals surface area contributed by atoms with Gasteiger partial charge in [-0.2, -0.15) is 4.39 Å². The summed E-state index contributed by atoms with van der Waals surface area (Å²) < 4.78 is 31.3. The highest BCUT2D eigenvalue weighted by Gasteiger charge is 2.39. The van der Waals surface area contributed by atoms with E-state index in [2.05, 4.69) is 32.8 Å². The molecule has 3 aliphatic heterocycles. The number of amides is 1. The van der Waals surface area contributed by atoms with Crippen molar-refractivity contribution in [1.29, 1.82) is 0 Å². The second-order valence-corrected chi connectivity index (χ2v) is 11.7. The van der Waals surface area contributed by atoms with Crippen LogP contribution in [0.3, 0.4) is 0 Å². The first-order chi connectivity index (χ1) is 20.8. The number of H-pyrrole nitrogens is 1. The fraction of sp³-hybridized carbons (Fsp3) is 0.400. The number of nitrogens with zero attached hydrogens (tertiary/aromatic N) is 5. The summed E-state index contributed by atoms with van der Waals surface area (Å²) in [5.74, 6) is -0.603. The highest BCUT2D eigenvalue weighted by Crippen LogP contribution is 2.45. The average molecular weight is 587 g/mol. The monoisotopic (exact) mass is 586 g/mol. The summed E-state index contributed by atoms with van der Waals surface area (Å²) in [6, 6.07) is 5.65. The van der Waals surface area contributed by atoms with E-state index < -0.39 is 12.0 Å². The minimum atomic E-state index is -0.603. The van der Waals surface area contributed by atoms with Gasteiger partial charge in [0.2, 0.25) is 5.95 Å². The van der Waals surface area contributed by atoms with Crippen molar-refractivity contribution in [2.75, 3.05) is 13.7 Å². The summed E-state index contributed by atoms with van der Waals surface area (Å²) in [5, 5.41) is 11.3. The predicted octanol–water partition coefficient (Wildman–Crippen LogP) is 3.42. The molecule has 1 aromatic carbocycles. The third-order valence-electron chi connectivity index (χ3n) is 9.35. The second-order valence-electron chi connectivity index (χ2n) is 11.7. The molecule has 4 aromatic heterocycles. The van der Waals surface area contributed by atoms with E-state index in [0.717, 1.165) is 34.1 Å². The normalized spacial score (nSPS) is 22.9. The van der Waals surface area contributed by atoms with Gasteiger partial charge in [-0.15, -0.1) is 5.10 Å². The summed E-state index contributed by atoms with van der Waals surface area (Å²) in [7, 11) is 4.76. The molecule has 1 amide bonds. The summed E-state index contributed by atoms with van der Waals surface area (Å²) in [6.45, 7) is 1.14. The van der Waals surface area contributed by atoms with Gasteiger partial charge in [0.05, 0.1) is 53.7 Å². The lowest BCUT2D eigenvalue weighted by molar-refractivity contribution is 0.0595. The van der Waals surface area contributed by atoms with E-state index in [0.29, 0.717) is 53.9 Å². The predicted molar refractivity (Wildman–Crippen MR) is 156 cm³/mol. The number of nitrogens with one attached hydrogen (secondary N) is 3. The molecule has 6 bridgehead atoms. The van der Waals surface area contributed by atoms with Crippen molar-refractivity contribution in [2.45, 2.75) is 50.1 Å². The van der Waals surface area contributed by atoms with Crippen LogP contribution in [0.25, 0.3) is 44.5 Å². The summed E-state index contributed by atoms with van der Waals surface area (Å²) in [4.78, 5) is 34.4. The molecule has 222 valence electrons. The van der Waals surface area contributed by atoms with Crippen molar-refractivity contribution >= 4 is 28.2 Å². The zero-order valence-electron chi connectivity index (χ0n) is 24.0. The molecule has 4 aliphatic rings. The number of halogens is 1. The third kappa shape index (κ3) is 3.87. The van der Waals surface area contributed by atoms with Crippen LogP contribution in [0.5, 0.6) is 0 Å². The van der Waals surface area contributed by atoms with Crippen molar-refractivity contribution < 1.29 is 18.7 Å². The Kier molecular flexibility index (Phi) is 5.79. The van der Waals surface area contributed by atoms with E-state index in [1.165, 1.54) is 11.8 Å². The summed E-state index contributed by atoms with van der Waals surface area (Å²) in [6.07, 6.45) is 4.63. The number of benzene rings is 1. The van der Waals surface area contributed by atoms with E-state index >= 15 is 4.39 Å². The Morgan fingerprint density at radius 2 is 2.12 bits per heavy atom. The minimum absolute atomic E-state index is 0.0708. The quantitative estimate of drug-likeness (QED) is 0.289. The van der Waals surface area contributed by atoms with Crippen molar-refractivity contribution in [3.63, 3.8) is 0 Å². The van der Waals surface area contributed by atoms with Gasteiger partial charge in [0.1, 0.15) is 5.65 Å². The number of carbonyl (C=O) groups is 1. The molecule has 3 N–H and O–H groups in total. The third-order valence-corrected chi connectivity index (χ3v) is 9.35. The molecule has 1 saturated carbocycles. The Morgan fingerprint density at radius 1 is 1.26 bits per heavy atom. The molecule has 1 fully saturated rings. The molecule has 7 heterocycles. The second kappa shape index (κ2) is 9.51. The number of hydrogen-bond acceptors (Lipinski definition) is 7. The van der Waals surface area contributed by atoms with Crippen LogP contribution in [-0.2, 0) is 30.2 Å². The maximum absolute atomic E-state index is 15.3. The van der Waals surface area contributed by atoms with Crippen LogP contribution in [-0.4, -0.2) is 60.7 Å². The molecule has 43 heavy (non-hydrogen) atoms. The largest absolute Gasteiger partial charge is 0.453 e. The van der Waals surface area contributed by atoms with Crippen molar-refractivity contribution in [3.8, 4) is 22.4 Å². The number of rotatable bonds is 2. The highest BCUT2D eigenvalue weighted by atomic mass is 19.1. The first-order valence-electron chi connectivity index (χ1n) is 14.5. The van der Waals surface area contributed by atoms with Crippen LogP contribution in [0.4, 0.5) is 9.18 Å². The lowest BCUT2D eigenvalue weighted by atomic mass is 9.94. The molecule has 9 rings (SSSR count). The molecule has 5 aromatic rings. The number of aromatic nitrogens is 6. The molecule has 1 unspecified atom stereocenters. The van der Waals surface area contributed by atoms with E-state index in [1.54, 1.807) is 31.1 Å². The van der Waals surface area contributed by atoms with Crippen LogP contribution in [0.2, 0.25) is 0 Å². The lowest BCUT2D eigenvalue weighted by Crippen LogP contribution is -2.47. The number of aromatic amines is 1. The van der Waals surface area contributed by atoms with E-state index in [9.17, 15) is 9.59 Å². The van der Waals surface area contributed by atoms with Crippen LogP contribution in [0.1, 0.15) is 42.5 Å². The van der Waals surface area contributed by atoms with Crippen LogP contribution < -0.4 is 16.3 Å². The van der Waals surface area contributed by atoms with E-state index in [1.807, 2.05) is 10.6 Å². The molecule has 12 nitrogen and oxygen atoms in total. The van der Waals surface area contributed by atoms with Gasteiger partial charge in [0.15, 0.2) is 0 Å². The molecule has 4 atom stereocenters. The number of hydrogen-bond donors (Lipinski definition) is 3. The number of pyridine rings is 1. The zero-order valence-corrected chi connectivity index (χ0v) is 24.0. The Labute approximate surface area is 244 Å². The van der Waals surface area contributed by atoms with E-state index in [4.69, 9.17) is 14.5 Å². The summed E-state index contributed by atoms with van der Waals surface area (Å²) in [5.41, 5.74) is 6.41. The molecular weight excluding hydrogens is 555 g/mol. The van der Waals surface area contributed by atoms with Crippen molar-refractivity contribution in [3.05, 3.63) is 58.2 Å². The summed E-state index contributed by atoms with van der Waals surface area (Å²) >= 11 is 0. The first kappa shape index (κ1) is 26.2. The number of fused-ring (bicyclic) bond motifs is 3. The van der Waals surface area contributed by atoms with E-state index in [-0.39, 0.29) is 29.9 Å². The zero-order chi connectivity index (χ0) is 29.6. The van der Waals surface area contributed by atoms with Gasteiger partial charge in [0, 0.05) is 44.0 Å². The fourth-order valence-corrected chi connectivity index (χ4v) is 7.37. The van der Waals surface area contributed by atoms with Gasteiger partial charge in [0.25, 0.3) is 0 Å². The highest BCUT2D eigenvalue weighted by molar-refractivity contribution is 6.14. The van der Waals surface area contributed by atoms with Crippen LogP contribution >= 0.6 is 0 Å². The number of ether oxygens (including phenoxy) is 2. The number of aryl methyl sites for hydroxylation is 2. The Hall–Kier alpha value is -4.49. The first-order valence-corrected chi connectivity index (χ1v) is 14.5. The Balaban J connectivity index is 1.45. The van der Waals surface area contributed by atoms with Gasteiger partial charge >= 0.3 is 11.8 Å². The smallest absolute Gasteiger partial charge is 0.407 e. The molecule has 0 spiro atoms. The van der Waals surface area contributed by atoms with Crippen molar-refractivity contribution in [1.82, 2.24) is 39.5 Å². The topological polar surface area (TPSA) is 133 Å². The Morgan fingerprint density at radius 3 is 2.91 bits per heavy atom. The fourth-order valence-electron chi connectivity index (χ4n) is 7.37. The minimum Gasteiger partial charge on any atom is -0.453 e. The maximum Gasteiger partial charge on any atom is 0.407 e. The van der Waals surface area contributed by atoms with Gasteiger partial charge in [-0.25, -0.2) is 14.6 Å². The number of imidazole rings is 1. The van der Waals surface area contributed by atoms with Crippen LogP contribution in [0.15, 0.2) is 35.4 Å². The number of alkyl carbamates (subject to hydrolysis) is 1. The Bertz CT molecular complexity index is 2000. The van der Waals surface area contributed by atoms with Gasteiger partial charge in [-0.3, -0.25) is 13.8 Å². The maximum atomic E-state index is 15.3. The SMILES string of the molecule is COC(=O)N[C@H]1C[C@H]2C[C@H]1NCCC1OCc3cc(ccc31)-c1c(-c3cn(C)nc3F)[nH]c3ncc4c(c13)n2c(=O)n4C. The molecular formula is C30H31FN8O4.